The topological polar surface area (TPSA) is 29.3 Å². The number of rotatable bonds is 7. The van der Waals surface area contributed by atoms with Gasteiger partial charge in [0.2, 0.25) is 0 Å². The van der Waals surface area contributed by atoms with Crippen LogP contribution in [0.15, 0.2) is 0 Å². The van der Waals surface area contributed by atoms with Crippen LogP contribution in [0, 0.1) is 11.8 Å². The van der Waals surface area contributed by atoms with E-state index in [1.54, 1.807) is 4.90 Å². The molecule has 1 rings (SSSR count). The van der Waals surface area contributed by atoms with Gasteiger partial charge in [-0.2, -0.15) is 13.2 Å². The fourth-order valence-corrected chi connectivity index (χ4v) is 2.79. The molecule has 2 unspecified atom stereocenters. The highest BCUT2D eigenvalue weighted by molar-refractivity contribution is 4.79. The van der Waals surface area contributed by atoms with Crippen molar-refractivity contribution in [2.75, 3.05) is 26.2 Å². The monoisotopic (exact) mass is 266 g/mol. The summed E-state index contributed by atoms with van der Waals surface area (Å²) in [7, 11) is 0. The van der Waals surface area contributed by atoms with Crippen molar-refractivity contribution in [1.82, 2.24) is 4.90 Å². The minimum absolute atomic E-state index is 0.401. The van der Waals surface area contributed by atoms with E-state index in [9.17, 15) is 13.2 Å². The lowest BCUT2D eigenvalue weighted by atomic mass is 10.0. The van der Waals surface area contributed by atoms with Crippen molar-refractivity contribution in [3.8, 4) is 0 Å². The van der Waals surface area contributed by atoms with Crippen LogP contribution in [0.25, 0.3) is 0 Å². The van der Waals surface area contributed by atoms with Crippen LogP contribution < -0.4 is 5.73 Å². The van der Waals surface area contributed by atoms with Crippen molar-refractivity contribution in [1.29, 1.82) is 0 Å². The van der Waals surface area contributed by atoms with Crippen LogP contribution in [0.4, 0.5) is 13.2 Å². The zero-order chi connectivity index (χ0) is 13.6. The maximum atomic E-state index is 12.5. The van der Waals surface area contributed by atoms with Crippen LogP contribution >= 0.6 is 0 Å². The number of hydrogen-bond donors (Lipinski definition) is 1. The Bertz CT molecular complexity index is 231. The second kappa shape index (κ2) is 7.34. The number of nitrogens with two attached hydrogens (primary N) is 1. The van der Waals surface area contributed by atoms with E-state index in [2.05, 4.69) is 0 Å². The Labute approximate surface area is 108 Å². The van der Waals surface area contributed by atoms with Crippen molar-refractivity contribution in [3.63, 3.8) is 0 Å². The third-order valence-corrected chi connectivity index (χ3v) is 3.73. The van der Waals surface area contributed by atoms with E-state index in [-0.39, 0.29) is 0 Å². The Hall–Kier alpha value is -0.290. The standard InChI is InChI=1S/C13H25F3N2/c1-2-3-6-18(10-13(14,15)16)9-12-5-4-11(7-12)8-17/h11-12H,2-10,17H2,1H3. The van der Waals surface area contributed by atoms with E-state index in [1.807, 2.05) is 6.92 Å². The smallest absolute Gasteiger partial charge is 0.330 e. The number of hydrogen-bond acceptors (Lipinski definition) is 2. The summed E-state index contributed by atoms with van der Waals surface area (Å²) in [6.45, 7) is 3.04. The molecule has 0 aromatic heterocycles. The minimum Gasteiger partial charge on any atom is -0.330 e. The van der Waals surface area contributed by atoms with Crippen LogP contribution in [0.2, 0.25) is 0 Å². The highest BCUT2D eigenvalue weighted by Gasteiger charge is 2.32. The molecule has 2 nitrogen and oxygen atoms in total. The van der Waals surface area contributed by atoms with Crippen LogP contribution in [0.1, 0.15) is 39.0 Å². The van der Waals surface area contributed by atoms with Gasteiger partial charge in [-0.15, -0.1) is 0 Å². The van der Waals surface area contributed by atoms with Gasteiger partial charge in [0, 0.05) is 6.54 Å². The zero-order valence-electron chi connectivity index (χ0n) is 11.2. The summed E-state index contributed by atoms with van der Waals surface area (Å²) in [5.74, 6) is 0.923. The van der Waals surface area contributed by atoms with Crippen LogP contribution in [-0.4, -0.2) is 37.3 Å². The maximum Gasteiger partial charge on any atom is 0.401 e. The van der Waals surface area contributed by atoms with E-state index in [0.29, 0.717) is 31.5 Å². The van der Waals surface area contributed by atoms with Gasteiger partial charge in [0.1, 0.15) is 0 Å². The van der Waals surface area contributed by atoms with Gasteiger partial charge >= 0.3 is 6.18 Å². The lowest BCUT2D eigenvalue weighted by Gasteiger charge is -2.26. The lowest BCUT2D eigenvalue weighted by Crippen LogP contribution is -2.38. The predicted octanol–water partition coefficient (Wildman–Crippen LogP) is 3.03. The molecule has 1 fully saturated rings. The maximum absolute atomic E-state index is 12.5. The second-order valence-corrected chi connectivity index (χ2v) is 5.48. The largest absolute Gasteiger partial charge is 0.401 e. The van der Waals surface area contributed by atoms with Crippen molar-refractivity contribution in [2.45, 2.75) is 45.2 Å². The fraction of sp³-hybridized carbons (Fsp3) is 1.00. The molecule has 0 heterocycles. The molecule has 2 N–H and O–H groups in total. The molecule has 1 aliphatic rings. The first-order chi connectivity index (χ1) is 8.44. The molecule has 1 aliphatic carbocycles. The molecule has 0 bridgehead atoms. The summed E-state index contributed by atoms with van der Waals surface area (Å²) >= 11 is 0. The van der Waals surface area contributed by atoms with Gasteiger partial charge in [-0.05, 0) is 50.6 Å². The molecule has 108 valence electrons. The van der Waals surface area contributed by atoms with Crippen molar-refractivity contribution in [2.24, 2.45) is 17.6 Å². The molecule has 0 amide bonds. The fourth-order valence-electron chi connectivity index (χ4n) is 2.79. The highest BCUT2D eigenvalue weighted by Crippen LogP contribution is 2.31. The van der Waals surface area contributed by atoms with Gasteiger partial charge in [-0.1, -0.05) is 13.3 Å². The van der Waals surface area contributed by atoms with Gasteiger partial charge in [0.15, 0.2) is 0 Å². The summed E-state index contributed by atoms with van der Waals surface area (Å²) in [6, 6.07) is 0. The molecule has 2 atom stereocenters. The first-order valence-electron chi connectivity index (χ1n) is 6.93. The molecule has 0 aromatic carbocycles. The Morgan fingerprint density at radius 1 is 1.22 bits per heavy atom. The summed E-state index contributed by atoms with van der Waals surface area (Å²) in [5.41, 5.74) is 5.62. The summed E-state index contributed by atoms with van der Waals surface area (Å²) in [6.07, 6.45) is 0.793. The van der Waals surface area contributed by atoms with E-state index in [1.165, 1.54) is 0 Å². The molecule has 0 aliphatic heterocycles. The normalized spacial score (nSPS) is 25.0. The zero-order valence-corrected chi connectivity index (χ0v) is 11.2. The number of halogens is 3. The predicted molar refractivity (Wildman–Crippen MR) is 67.3 cm³/mol. The summed E-state index contributed by atoms with van der Waals surface area (Å²) in [5, 5.41) is 0. The third kappa shape index (κ3) is 6.05. The quantitative estimate of drug-likeness (QED) is 0.767. The minimum atomic E-state index is -4.08. The van der Waals surface area contributed by atoms with Crippen LogP contribution in [-0.2, 0) is 0 Å². The molecule has 18 heavy (non-hydrogen) atoms. The van der Waals surface area contributed by atoms with Gasteiger partial charge < -0.3 is 5.73 Å². The first-order valence-corrected chi connectivity index (χ1v) is 6.93. The van der Waals surface area contributed by atoms with Crippen molar-refractivity contribution < 1.29 is 13.2 Å². The molecule has 1 saturated carbocycles. The second-order valence-electron chi connectivity index (χ2n) is 5.48. The van der Waals surface area contributed by atoms with Gasteiger partial charge in [-0.25, -0.2) is 0 Å². The Balaban J connectivity index is 2.40. The van der Waals surface area contributed by atoms with E-state index in [4.69, 9.17) is 5.73 Å². The lowest BCUT2D eigenvalue weighted by molar-refractivity contribution is -0.147. The summed E-state index contributed by atoms with van der Waals surface area (Å²) < 4.78 is 37.5. The molecule has 0 radical (unpaired) electrons. The first kappa shape index (κ1) is 15.8. The number of nitrogens with zero attached hydrogens (tertiary/aromatic N) is 1. The number of unbranched alkanes of at least 4 members (excludes halogenated alkanes) is 1. The van der Waals surface area contributed by atoms with Crippen LogP contribution in [0.3, 0.4) is 0 Å². The van der Waals surface area contributed by atoms with E-state index < -0.39 is 12.7 Å². The van der Waals surface area contributed by atoms with Crippen LogP contribution in [0.5, 0.6) is 0 Å². The highest BCUT2D eigenvalue weighted by atomic mass is 19.4. The Morgan fingerprint density at radius 2 is 1.89 bits per heavy atom. The SMILES string of the molecule is CCCCN(CC1CCC(CN)C1)CC(F)(F)F. The Kier molecular flexibility index (Phi) is 6.43. The Morgan fingerprint density at radius 3 is 2.39 bits per heavy atom. The summed E-state index contributed by atoms with van der Waals surface area (Å²) in [4.78, 5) is 1.58. The van der Waals surface area contributed by atoms with E-state index >= 15 is 0 Å². The molecule has 0 aromatic rings. The van der Waals surface area contributed by atoms with Crippen molar-refractivity contribution >= 4 is 0 Å². The average molecular weight is 266 g/mol. The van der Waals surface area contributed by atoms with Gasteiger partial charge in [-0.3, -0.25) is 4.90 Å². The third-order valence-electron chi connectivity index (χ3n) is 3.73. The number of alkyl halides is 3. The molecule has 0 saturated heterocycles. The molecular weight excluding hydrogens is 241 g/mol. The molecular formula is C13H25F3N2. The average Bonchev–Trinajstić information content (AvgIpc) is 2.71. The van der Waals surface area contributed by atoms with E-state index in [0.717, 1.165) is 32.1 Å². The van der Waals surface area contributed by atoms with Gasteiger partial charge in [0.05, 0.1) is 6.54 Å². The molecule has 0 spiro atoms. The van der Waals surface area contributed by atoms with Crippen molar-refractivity contribution in [3.05, 3.63) is 0 Å². The van der Waals surface area contributed by atoms with Gasteiger partial charge in [0.25, 0.3) is 0 Å². The molecule has 5 heteroatoms.